The third-order valence-electron chi connectivity index (χ3n) is 3.20. The minimum atomic E-state index is -1.20. The van der Waals surface area contributed by atoms with E-state index in [1.807, 2.05) is 6.92 Å². The van der Waals surface area contributed by atoms with E-state index in [0.29, 0.717) is 6.54 Å². The molecular weight excluding hydrogens is 270 g/mol. The van der Waals surface area contributed by atoms with Gasteiger partial charge in [-0.05, 0) is 18.6 Å². The van der Waals surface area contributed by atoms with Gasteiger partial charge >= 0.3 is 5.97 Å². The van der Waals surface area contributed by atoms with Gasteiger partial charge in [-0.1, -0.05) is 26.8 Å². The zero-order valence-electron chi connectivity index (χ0n) is 12.8. The fourth-order valence-corrected chi connectivity index (χ4v) is 2.11. The van der Waals surface area contributed by atoms with Gasteiger partial charge in [-0.3, -0.25) is 9.59 Å². The molecule has 1 rings (SSSR count). The highest BCUT2D eigenvalue weighted by Crippen LogP contribution is 2.21. The minimum absolute atomic E-state index is 0.00736. The highest BCUT2D eigenvalue weighted by molar-refractivity contribution is 6.14. The number of Topliss-reactive ketones (excluding diaryl/α,β-unsaturated/α-hetero) is 1. The molecule has 0 saturated heterocycles. The molecule has 0 aliphatic rings. The number of carbonyl (C=O) groups excluding carboxylic acids is 2. The number of benzene rings is 1. The van der Waals surface area contributed by atoms with Gasteiger partial charge in [0.15, 0.2) is 5.78 Å². The molecule has 1 N–H and O–H groups in total. The van der Waals surface area contributed by atoms with Gasteiger partial charge in [0.1, 0.15) is 0 Å². The van der Waals surface area contributed by atoms with E-state index >= 15 is 0 Å². The molecule has 0 radical (unpaired) electrons. The van der Waals surface area contributed by atoms with Gasteiger partial charge in [0.05, 0.1) is 11.1 Å². The van der Waals surface area contributed by atoms with E-state index < -0.39 is 5.97 Å². The molecule has 0 aromatic heterocycles. The number of carbonyl (C=O) groups is 3. The predicted octanol–water partition coefficient (Wildman–Crippen LogP) is 2.71. The Morgan fingerprint density at radius 2 is 1.76 bits per heavy atom. The summed E-state index contributed by atoms with van der Waals surface area (Å²) in [5.74, 6) is -2.24. The first-order valence-electron chi connectivity index (χ1n) is 6.97. The number of hydrogen-bond donors (Lipinski definition) is 1. The van der Waals surface area contributed by atoms with Crippen LogP contribution in [0.4, 0.5) is 0 Å². The summed E-state index contributed by atoms with van der Waals surface area (Å²) in [6.45, 7) is 5.86. The highest BCUT2D eigenvalue weighted by Gasteiger charge is 2.26. The van der Waals surface area contributed by atoms with Crippen LogP contribution < -0.4 is 0 Å². The first-order valence-corrected chi connectivity index (χ1v) is 6.97. The number of hydrogen-bond acceptors (Lipinski definition) is 3. The number of carboxylic acid groups (broad SMARTS) is 1. The molecule has 0 unspecified atom stereocenters. The lowest BCUT2D eigenvalue weighted by Gasteiger charge is -2.19. The van der Waals surface area contributed by atoms with Gasteiger partial charge in [0, 0.05) is 25.1 Å². The summed E-state index contributed by atoms with van der Waals surface area (Å²) in [6.07, 6.45) is 0.786. The minimum Gasteiger partial charge on any atom is -0.478 e. The van der Waals surface area contributed by atoms with Crippen LogP contribution in [0.15, 0.2) is 18.2 Å². The highest BCUT2D eigenvalue weighted by atomic mass is 16.4. The molecule has 1 aromatic rings. The normalized spacial score (nSPS) is 10.5. The predicted molar refractivity (Wildman–Crippen MR) is 79.8 cm³/mol. The Morgan fingerprint density at radius 3 is 2.24 bits per heavy atom. The fraction of sp³-hybridized carbons (Fsp3) is 0.438. The number of aromatic carboxylic acids is 1. The molecule has 0 fully saturated rings. The van der Waals surface area contributed by atoms with Crippen LogP contribution in [0.1, 0.15) is 58.3 Å². The number of ketones is 1. The largest absolute Gasteiger partial charge is 0.478 e. The first-order chi connectivity index (χ1) is 9.81. The van der Waals surface area contributed by atoms with Gasteiger partial charge in [-0.15, -0.1) is 0 Å². The summed E-state index contributed by atoms with van der Waals surface area (Å²) < 4.78 is 0. The van der Waals surface area contributed by atoms with Crippen molar-refractivity contribution in [2.24, 2.45) is 5.92 Å². The van der Waals surface area contributed by atoms with Crippen molar-refractivity contribution in [3.63, 3.8) is 0 Å². The molecule has 5 nitrogen and oxygen atoms in total. The molecule has 0 aliphatic heterocycles. The van der Waals surface area contributed by atoms with Gasteiger partial charge in [-0.2, -0.15) is 0 Å². The molecule has 5 heteroatoms. The summed E-state index contributed by atoms with van der Waals surface area (Å²) in [5, 5.41) is 9.27. The zero-order valence-corrected chi connectivity index (χ0v) is 12.8. The zero-order chi connectivity index (χ0) is 16.2. The molecule has 0 bridgehead atoms. The molecular formula is C16H21NO4. The maximum Gasteiger partial charge on any atom is 0.336 e. The monoisotopic (exact) mass is 291 g/mol. The maximum absolute atomic E-state index is 12.4. The maximum atomic E-state index is 12.4. The van der Waals surface area contributed by atoms with Crippen molar-refractivity contribution in [3.8, 4) is 0 Å². The number of carboxylic acids is 1. The Kier molecular flexibility index (Phi) is 5.64. The third kappa shape index (κ3) is 3.68. The second-order valence-electron chi connectivity index (χ2n) is 5.28. The smallest absolute Gasteiger partial charge is 0.336 e. The van der Waals surface area contributed by atoms with Crippen LogP contribution in [0.5, 0.6) is 0 Å². The molecule has 0 aliphatic carbocycles. The van der Waals surface area contributed by atoms with Crippen molar-refractivity contribution in [1.82, 2.24) is 4.90 Å². The van der Waals surface area contributed by atoms with Crippen LogP contribution in [0.25, 0.3) is 0 Å². The molecule has 0 spiro atoms. The van der Waals surface area contributed by atoms with E-state index in [2.05, 4.69) is 0 Å². The number of nitrogens with zero attached hydrogens (tertiary/aromatic N) is 1. The number of amides is 1. The Morgan fingerprint density at radius 1 is 1.19 bits per heavy atom. The van der Waals surface area contributed by atoms with Crippen molar-refractivity contribution in [2.45, 2.75) is 27.2 Å². The van der Waals surface area contributed by atoms with E-state index in [4.69, 9.17) is 0 Å². The average molecular weight is 291 g/mol. The van der Waals surface area contributed by atoms with E-state index in [0.717, 1.165) is 6.42 Å². The van der Waals surface area contributed by atoms with Crippen LogP contribution in [0.2, 0.25) is 0 Å². The summed E-state index contributed by atoms with van der Waals surface area (Å²) >= 11 is 0. The van der Waals surface area contributed by atoms with Crippen LogP contribution in [0.3, 0.4) is 0 Å². The van der Waals surface area contributed by atoms with Crippen molar-refractivity contribution in [1.29, 1.82) is 0 Å². The van der Waals surface area contributed by atoms with Gasteiger partial charge in [0.2, 0.25) is 0 Å². The lowest BCUT2D eigenvalue weighted by atomic mass is 9.91. The fourth-order valence-electron chi connectivity index (χ4n) is 2.11. The second-order valence-corrected chi connectivity index (χ2v) is 5.28. The summed E-state index contributed by atoms with van der Waals surface area (Å²) in [7, 11) is 1.64. The Labute approximate surface area is 124 Å². The van der Waals surface area contributed by atoms with Crippen LogP contribution in [-0.2, 0) is 0 Å². The molecule has 1 amide bonds. The Hall–Kier alpha value is -2.17. The quantitative estimate of drug-likeness (QED) is 0.818. The van der Waals surface area contributed by atoms with Crippen molar-refractivity contribution in [3.05, 3.63) is 34.9 Å². The lowest BCUT2D eigenvalue weighted by molar-refractivity contribution is 0.0690. The van der Waals surface area contributed by atoms with Crippen molar-refractivity contribution in [2.75, 3.05) is 13.6 Å². The van der Waals surface area contributed by atoms with E-state index in [-0.39, 0.29) is 34.3 Å². The van der Waals surface area contributed by atoms with Crippen LogP contribution >= 0.6 is 0 Å². The van der Waals surface area contributed by atoms with Gasteiger partial charge in [0.25, 0.3) is 5.91 Å². The van der Waals surface area contributed by atoms with Crippen LogP contribution in [0, 0.1) is 5.92 Å². The third-order valence-corrected chi connectivity index (χ3v) is 3.20. The van der Waals surface area contributed by atoms with Gasteiger partial charge in [-0.25, -0.2) is 4.79 Å². The van der Waals surface area contributed by atoms with Crippen molar-refractivity contribution < 1.29 is 19.5 Å². The summed E-state index contributed by atoms with van der Waals surface area (Å²) in [4.78, 5) is 37.6. The lowest BCUT2D eigenvalue weighted by Crippen LogP contribution is -2.30. The van der Waals surface area contributed by atoms with E-state index in [1.165, 1.54) is 23.1 Å². The standard InChI is InChI=1S/C16H21NO4/c1-5-9-17(4)15(19)11-7-6-8-12(16(20)21)13(11)14(18)10(2)3/h6-8,10H,5,9H2,1-4H3,(H,20,21). The molecule has 0 heterocycles. The first kappa shape index (κ1) is 16.9. The Bertz CT molecular complexity index is 563. The molecule has 0 saturated carbocycles. The topological polar surface area (TPSA) is 74.7 Å². The second kappa shape index (κ2) is 7.02. The van der Waals surface area contributed by atoms with E-state index in [9.17, 15) is 19.5 Å². The van der Waals surface area contributed by atoms with Crippen molar-refractivity contribution >= 4 is 17.7 Å². The van der Waals surface area contributed by atoms with E-state index in [1.54, 1.807) is 20.9 Å². The van der Waals surface area contributed by atoms with Gasteiger partial charge < -0.3 is 10.0 Å². The molecule has 1 aromatic carbocycles. The number of rotatable bonds is 6. The summed E-state index contributed by atoms with van der Waals surface area (Å²) in [6, 6.07) is 4.36. The SMILES string of the molecule is CCCN(C)C(=O)c1cccc(C(=O)O)c1C(=O)C(C)C. The molecule has 114 valence electrons. The molecule has 0 atom stereocenters. The van der Waals surface area contributed by atoms with Crippen LogP contribution in [-0.4, -0.2) is 41.3 Å². The average Bonchev–Trinajstić information content (AvgIpc) is 2.44. The Balaban J connectivity index is 3.45. The molecule has 21 heavy (non-hydrogen) atoms. The summed E-state index contributed by atoms with van der Waals surface area (Å²) in [5.41, 5.74) is 0.0435.